The monoisotopic (exact) mass is 276 g/mol. The minimum absolute atomic E-state index is 0.185. The molecule has 3 aromatic rings. The average molecular weight is 276 g/mol. The SMILES string of the molecule is N#Cc1ccc2[nH]cc(C(=O)c3cc(N)cc(N)c3)c2c1. The van der Waals surface area contributed by atoms with Gasteiger partial charge in [-0.1, -0.05) is 0 Å². The van der Waals surface area contributed by atoms with Crippen LogP contribution in [-0.4, -0.2) is 10.8 Å². The molecular weight excluding hydrogens is 264 g/mol. The van der Waals surface area contributed by atoms with Crippen molar-refractivity contribution in [2.24, 2.45) is 0 Å². The van der Waals surface area contributed by atoms with E-state index in [9.17, 15) is 4.79 Å². The molecule has 5 heteroatoms. The van der Waals surface area contributed by atoms with E-state index in [0.717, 1.165) is 5.52 Å². The number of carbonyl (C=O) groups excluding carboxylic acids is 1. The molecule has 2 aromatic carbocycles. The van der Waals surface area contributed by atoms with Crippen LogP contribution in [0.3, 0.4) is 0 Å². The Kier molecular flexibility index (Phi) is 2.85. The second-order valence-corrected chi connectivity index (χ2v) is 4.79. The topological polar surface area (TPSA) is 109 Å². The van der Waals surface area contributed by atoms with E-state index < -0.39 is 0 Å². The minimum Gasteiger partial charge on any atom is -0.399 e. The molecule has 1 aromatic heterocycles. The summed E-state index contributed by atoms with van der Waals surface area (Å²) in [5, 5.41) is 9.68. The van der Waals surface area contributed by atoms with Gasteiger partial charge in [0, 0.05) is 39.6 Å². The van der Waals surface area contributed by atoms with Crippen LogP contribution < -0.4 is 11.5 Å². The summed E-state index contributed by atoms with van der Waals surface area (Å²) >= 11 is 0. The second-order valence-electron chi connectivity index (χ2n) is 4.79. The van der Waals surface area contributed by atoms with Gasteiger partial charge in [-0.2, -0.15) is 5.26 Å². The molecule has 0 saturated carbocycles. The highest BCUT2D eigenvalue weighted by molar-refractivity contribution is 6.17. The van der Waals surface area contributed by atoms with Crippen molar-refractivity contribution in [2.45, 2.75) is 0 Å². The lowest BCUT2D eigenvalue weighted by atomic mass is 10.0. The molecular formula is C16H12N4O. The highest BCUT2D eigenvalue weighted by atomic mass is 16.1. The number of nitriles is 1. The molecule has 0 aliphatic carbocycles. The van der Waals surface area contributed by atoms with Crippen molar-refractivity contribution in [1.82, 2.24) is 4.98 Å². The Labute approximate surface area is 120 Å². The maximum absolute atomic E-state index is 12.6. The van der Waals surface area contributed by atoms with Crippen molar-refractivity contribution in [2.75, 3.05) is 11.5 Å². The van der Waals surface area contributed by atoms with E-state index in [1.54, 1.807) is 42.6 Å². The molecule has 0 fully saturated rings. The number of H-pyrrole nitrogens is 1. The maximum atomic E-state index is 12.6. The molecule has 0 aliphatic heterocycles. The number of nitrogens with one attached hydrogen (secondary N) is 1. The highest BCUT2D eigenvalue weighted by Gasteiger charge is 2.15. The first-order chi connectivity index (χ1) is 10.1. The number of fused-ring (bicyclic) bond motifs is 1. The first-order valence-corrected chi connectivity index (χ1v) is 6.30. The molecule has 5 N–H and O–H groups in total. The third-order valence-corrected chi connectivity index (χ3v) is 3.30. The highest BCUT2D eigenvalue weighted by Crippen LogP contribution is 2.24. The molecule has 5 nitrogen and oxygen atoms in total. The first kappa shape index (κ1) is 12.8. The van der Waals surface area contributed by atoms with Gasteiger partial charge in [0.15, 0.2) is 5.78 Å². The van der Waals surface area contributed by atoms with Crippen molar-refractivity contribution in [3.05, 3.63) is 59.3 Å². The Morgan fingerprint density at radius 3 is 2.48 bits per heavy atom. The lowest BCUT2D eigenvalue weighted by Crippen LogP contribution is -2.03. The number of aromatic amines is 1. The van der Waals surface area contributed by atoms with E-state index in [4.69, 9.17) is 16.7 Å². The van der Waals surface area contributed by atoms with Gasteiger partial charge in [0.25, 0.3) is 0 Å². The molecule has 0 spiro atoms. The summed E-state index contributed by atoms with van der Waals surface area (Å²) in [6, 6.07) is 12.0. The van der Waals surface area contributed by atoms with Crippen molar-refractivity contribution in [1.29, 1.82) is 5.26 Å². The molecule has 0 aliphatic rings. The van der Waals surface area contributed by atoms with Crippen LogP contribution in [0.15, 0.2) is 42.6 Å². The first-order valence-electron chi connectivity index (χ1n) is 6.30. The number of hydrogen-bond acceptors (Lipinski definition) is 4. The number of hydrogen-bond donors (Lipinski definition) is 3. The van der Waals surface area contributed by atoms with E-state index in [2.05, 4.69) is 11.1 Å². The normalized spacial score (nSPS) is 10.4. The van der Waals surface area contributed by atoms with Crippen molar-refractivity contribution in [3.8, 4) is 6.07 Å². The largest absolute Gasteiger partial charge is 0.399 e. The fourth-order valence-electron chi connectivity index (χ4n) is 2.34. The van der Waals surface area contributed by atoms with Crippen LogP contribution in [0.2, 0.25) is 0 Å². The van der Waals surface area contributed by atoms with E-state index in [1.807, 2.05) is 0 Å². The van der Waals surface area contributed by atoms with E-state index >= 15 is 0 Å². The van der Waals surface area contributed by atoms with Crippen LogP contribution in [0.4, 0.5) is 11.4 Å². The third kappa shape index (κ3) is 2.19. The van der Waals surface area contributed by atoms with Gasteiger partial charge in [0.05, 0.1) is 11.6 Å². The summed E-state index contributed by atoms with van der Waals surface area (Å²) < 4.78 is 0. The van der Waals surface area contributed by atoms with Crippen molar-refractivity contribution >= 4 is 28.1 Å². The molecule has 0 amide bonds. The number of anilines is 2. The zero-order chi connectivity index (χ0) is 15.0. The molecule has 0 radical (unpaired) electrons. The predicted molar refractivity (Wildman–Crippen MR) is 81.7 cm³/mol. The number of nitrogens with two attached hydrogens (primary N) is 2. The lowest BCUT2D eigenvalue weighted by molar-refractivity contribution is 0.104. The fraction of sp³-hybridized carbons (Fsp3) is 0. The molecule has 0 saturated heterocycles. The number of nitrogen functional groups attached to an aromatic ring is 2. The molecule has 0 unspecified atom stereocenters. The number of carbonyl (C=O) groups is 1. The number of benzene rings is 2. The molecule has 102 valence electrons. The number of aromatic nitrogens is 1. The standard InChI is InChI=1S/C16H12N4O/c17-7-9-1-2-15-13(3-9)14(8-20-15)16(21)10-4-11(18)6-12(19)5-10/h1-6,8,20H,18-19H2. The smallest absolute Gasteiger partial charge is 0.195 e. The van der Waals surface area contributed by atoms with Gasteiger partial charge in [-0.15, -0.1) is 0 Å². The third-order valence-electron chi connectivity index (χ3n) is 3.30. The van der Waals surface area contributed by atoms with Gasteiger partial charge in [0.2, 0.25) is 0 Å². The zero-order valence-electron chi connectivity index (χ0n) is 11.1. The molecule has 3 rings (SSSR count). The van der Waals surface area contributed by atoms with E-state index in [0.29, 0.717) is 33.5 Å². The Hall–Kier alpha value is -3.26. The van der Waals surface area contributed by atoms with Crippen LogP contribution in [0.1, 0.15) is 21.5 Å². The van der Waals surface area contributed by atoms with E-state index in [1.165, 1.54) is 0 Å². The molecule has 0 bridgehead atoms. The zero-order valence-corrected chi connectivity index (χ0v) is 11.1. The van der Waals surface area contributed by atoms with Crippen LogP contribution in [-0.2, 0) is 0 Å². The number of ketones is 1. The predicted octanol–water partition coefficient (Wildman–Crippen LogP) is 2.43. The van der Waals surface area contributed by atoms with Crippen molar-refractivity contribution in [3.63, 3.8) is 0 Å². The second kappa shape index (κ2) is 4.69. The Morgan fingerprint density at radius 1 is 1.10 bits per heavy atom. The maximum Gasteiger partial charge on any atom is 0.195 e. The summed E-state index contributed by atoms with van der Waals surface area (Å²) in [5.41, 5.74) is 14.6. The number of rotatable bonds is 2. The lowest BCUT2D eigenvalue weighted by Gasteiger charge is -2.03. The van der Waals surface area contributed by atoms with Gasteiger partial charge in [-0.05, 0) is 36.4 Å². The Bertz CT molecular complexity index is 882. The van der Waals surface area contributed by atoms with Gasteiger partial charge in [-0.25, -0.2) is 0 Å². The minimum atomic E-state index is -0.185. The van der Waals surface area contributed by atoms with Crippen molar-refractivity contribution < 1.29 is 4.79 Å². The van der Waals surface area contributed by atoms with Gasteiger partial charge >= 0.3 is 0 Å². The van der Waals surface area contributed by atoms with Crippen LogP contribution in [0.5, 0.6) is 0 Å². The van der Waals surface area contributed by atoms with Gasteiger partial charge in [-0.3, -0.25) is 4.79 Å². The molecule has 1 heterocycles. The summed E-state index contributed by atoms with van der Waals surface area (Å²) in [6.45, 7) is 0. The van der Waals surface area contributed by atoms with Crippen LogP contribution >= 0.6 is 0 Å². The molecule has 21 heavy (non-hydrogen) atoms. The fourth-order valence-corrected chi connectivity index (χ4v) is 2.34. The van der Waals surface area contributed by atoms with Gasteiger partial charge in [0.1, 0.15) is 0 Å². The summed E-state index contributed by atoms with van der Waals surface area (Å²) in [6.07, 6.45) is 1.63. The van der Waals surface area contributed by atoms with Gasteiger partial charge < -0.3 is 16.5 Å². The number of nitrogens with zero attached hydrogens (tertiary/aromatic N) is 1. The summed E-state index contributed by atoms with van der Waals surface area (Å²) in [5.74, 6) is -0.185. The van der Waals surface area contributed by atoms with E-state index in [-0.39, 0.29) is 5.78 Å². The summed E-state index contributed by atoms with van der Waals surface area (Å²) in [7, 11) is 0. The Morgan fingerprint density at radius 2 is 1.81 bits per heavy atom. The van der Waals surface area contributed by atoms with Crippen LogP contribution in [0, 0.1) is 11.3 Å². The molecule has 0 atom stereocenters. The average Bonchev–Trinajstić information content (AvgIpc) is 2.88. The van der Waals surface area contributed by atoms with Crippen LogP contribution in [0.25, 0.3) is 10.9 Å². The quantitative estimate of drug-likeness (QED) is 0.493. The summed E-state index contributed by atoms with van der Waals surface area (Å²) in [4.78, 5) is 15.6. The Balaban J connectivity index is 2.15.